The maximum absolute atomic E-state index is 12.2. The van der Waals surface area contributed by atoms with Gasteiger partial charge in [0.15, 0.2) is 0 Å². The number of aromatic nitrogens is 2. The molecular weight excluding hydrogens is 352 g/mol. The number of likely N-dealkylation sites (tertiary alicyclic amines) is 1. The number of hydrogen-bond acceptors (Lipinski definition) is 4. The molecule has 0 spiro atoms. The van der Waals surface area contributed by atoms with Gasteiger partial charge < -0.3 is 10.3 Å². The van der Waals surface area contributed by atoms with E-state index in [2.05, 4.69) is 28.1 Å². The predicted octanol–water partition coefficient (Wildman–Crippen LogP) is 2.02. The molecule has 2 N–H and O–H groups in total. The van der Waals surface area contributed by atoms with Gasteiger partial charge >= 0.3 is 0 Å². The average molecular weight is 376 g/mol. The van der Waals surface area contributed by atoms with Crippen LogP contribution in [-0.2, 0) is 18.4 Å². The van der Waals surface area contributed by atoms with Gasteiger partial charge in [0.2, 0.25) is 5.91 Å². The Labute approximate surface area is 163 Å². The first-order valence-corrected chi connectivity index (χ1v) is 9.53. The summed E-state index contributed by atoms with van der Waals surface area (Å²) in [6, 6.07) is 11.8. The van der Waals surface area contributed by atoms with Gasteiger partial charge in [-0.25, -0.2) is 0 Å². The lowest BCUT2D eigenvalue weighted by Crippen LogP contribution is -2.45. The van der Waals surface area contributed by atoms with Gasteiger partial charge in [0.25, 0.3) is 5.56 Å². The van der Waals surface area contributed by atoms with Crippen molar-refractivity contribution in [2.75, 3.05) is 13.1 Å². The monoisotopic (exact) mass is 376 g/mol. The number of rotatable bonds is 4. The number of aryl methyl sites for hydroxylation is 1. The number of pyridine rings is 2. The number of carbonyl (C=O) groups is 1. The van der Waals surface area contributed by atoms with Crippen LogP contribution >= 0.6 is 0 Å². The predicted molar refractivity (Wildman–Crippen MR) is 109 cm³/mol. The minimum Gasteiger partial charge on any atom is -0.369 e. The number of piperidine rings is 1. The van der Waals surface area contributed by atoms with Crippen molar-refractivity contribution in [3.8, 4) is 0 Å². The summed E-state index contributed by atoms with van der Waals surface area (Å²) in [7, 11) is 1.72. The fraction of sp³-hybridized carbons (Fsp3) is 0.318. The minimum atomic E-state index is -0.311. The highest BCUT2D eigenvalue weighted by atomic mass is 16.1. The number of nitrogens with two attached hydrogens (primary N) is 1. The SMILES string of the molecule is Cn1ccc(C2CCN(Cc3cccc4ccncc34)CC2C(N)=O)cc1=O. The summed E-state index contributed by atoms with van der Waals surface area (Å²) in [5, 5.41) is 2.29. The highest BCUT2D eigenvalue weighted by molar-refractivity contribution is 5.84. The van der Waals surface area contributed by atoms with Crippen molar-refractivity contribution in [1.29, 1.82) is 0 Å². The smallest absolute Gasteiger partial charge is 0.250 e. The van der Waals surface area contributed by atoms with Crippen LogP contribution in [0.2, 0.25) is 0 Å². The lowest BCUT2D eigenvalue weighted by atomic mass is 9.80. The second-order valence-electron chi connectivity index (χ2n) is 7.56. The maximum atomic E-state index is 12.2. The molecule has 2 aromatic heterocycles. The highest BCUT2D eigenvalue weighted by Crippen LogP contribution is 2.33. The molecule has 1 fully saturated rings. The van der Waals surface area contributed by atoms with Crippen molar-refractivity contribution in [2.24, 2.45) is 18.7 Å². The van der Waals surface area contributed by atoms with Crippen LogP contribution in [0.1, 0.15) is 23.5 Å². The van der Waals surface area contributed by atoms with Crippen LogP contribution in [0.25, 0.3) is 10.8 Å². The van der Waals surface area contributed by atoms with E-state index in [0.717, 1.165) is 35.8 Å². The van der Waals surface area contributed by atoms with E-state index in [1.807, 2.05) is 18.3 Å². The highest BCUT2D eigenvalue weighted by Gasteiger charge is 2.34. The molecule has 1 saturated heterocycles. The van der Waals surface area contributed by atoms with E-state index in [0.29, 0.717) is 6.54 Å². The topological polar surface area (TPSA) is 81.2 Å². The van der Waals surface area contributed by atoms with Gasteiger partial charge in [-0.3, -0.25) is 19.5 Å². The zero-order valence-electron chi connectivity index (χ0n) is 15.9. The van der Waals surface area contributed by atoms with E-state index in [1.54, 1.807) is 25.5 Å². The van der Waals surface area contributed by atoms with Gasteiger partial charge in [0.1, 0.15) is 0 Å². The van der Waals surface area contributed by atoms with Gasteiger partial charge in [-0.05, 0) is 47.5 Å². The van der Waals surface area contributed by atoms with Gasteiger partial charge in [-0.2, -0.15) is 0 Å². The molecule has 2 unspecified atom stereocenters. The fourth-order valence-corrected chi connectivity index (χ4v) is 4.20. The molecule has 6 heteroatoms. The average Bonchev–Trinajstić information content (AvgIpc) is 2.70. The Hall–Kier alpha value is -2.99. The summed E-state index contributed by atoms with van der Waals surface area (Å²) < 4.78 is 1.53. The van der Waals surface area contributed by atoms with Gasteiger partial charge in [0.05, 0.1) is 5.92 Å². The molecule has 28 heavy (non-hydrogen) atoms. The number of primary amides is 1. The zero-order chi connectivity index (χ0) is 19.7. The number of fused-ring (bicyclic) bond motifs is 1. The quantitative estimate of drug-likeness (QED) is 0.755. The molecular formula is C22H24N4O2. The molecule has 0 bridgehead atoms. The number of hydrogen-bond donors (Lipinski definition) is 1. The van der Waals surface area contributed by atoms with Crippen molar-refractivity contribution < 1.29 is 4.79 Å². The van der Waals surface area contributed by atoms with E-state index in [4.69, 9.17) is 5.73 Å². The molecule has 1 aliphatic rings. The van der Waals surface area contributed by atoms with Gasteiger partial charge in [-0.15, -0.1) is 0 Å². The molecule has 6 nitrogen and oxygen atoms in total. The molecule has 3 heterocycles. The normalized spacial score (nSPS) is 20.3. The summed E-state index contributed by atoms with van der Waals surface area (Å²) in [6.45, 7) is 2.18. The number of nitrogens with zero attached hydrogens (tertiary/aromatic N) is 3. The Bertz CT molecular complexity index is 1070. The van der Waals surface area contributed by atoms with Gasteiger partial charge in [0, 0.05) is 50.2 Å². The van der Waals surface area contributed by atoms with E-state index in [1.165, 1.54) is 10.1 Å². The standard InChI is InChI=1S/C22H24N4O2/c1-25-9-6-16(11-21(25)27)18-7-10-26(14-20(18)22(23)28)13-17-4-2-3-15-5-8-24-12-19(15)17/h2-6,8-9,11-12,18,20H,7,10,13-14H2,1H3,(H2,23,28). The van der Waals surface area contributed by atoms with E-state index in [9.17, 15) is 9.59 Å². The van der Waals surface area contributed by atoms with Crippen LogP contribution in [-0.4, -0.2) is 33.4 Å². The molecule has 1 aromatic carbocycles. The molecule has 1 amide bonds. The third-order valence-electron chi connectivity index (χ3n) is 5.79. The lowest BCUT2D eigenvalue weighted by molar-refractivity contribution is -0.124. The van der Waals surface area contributed by atoms with Crippen molar-refractivity contribution in [3.05, 3.63) is 76.5 Å². The minimum absolute atomic E-state index is 0.0168. The van der Waals surface area contributed by atoms with Crippen LogP contribution < -0.4 is 11.3 Å². The van der Waals surface area contributed by atoms with Crippen LogP contribution in [0.3, 0.4) is 0 Å². The largest absolute Gasteiger partial charge is 0.369 e. The first-order chi connectivity index (χ1) is 13.5. The third-order valence-corrected chi connectivity index (χ3v) is 5.79. The van der Waals surface area contributed by atoms with Crippen molar-refractivity contribution in [2.45, 2.75) is 18.9 Å². The summed E-state index contributed by atoms with van der Waals surface area (Å²) in [5.74, 6) is -0.638. The Balaban J connectivity index is 1.57. The first kappa shape index (κ1) is 18.4. The third kappa shape index (κ3) is 3.55. The first-order valence-electron chi connectivity index (χ1n) is 9.53. The molecule has 144 valence electrons. The molecule has 1 aliphatic heterocycles. The van der Waals surface area contributed by atoms with E-state index >= 15 is 0 Å². The molecule has 0 radical (unpaired) electrons. The second-order valence-corrected chi connectivity index (χ2v) is 7.56. The Morgan fingerprint density at radius 1 is 1.29 bits per heavy atom. The Morgan fingerprint density at radius 2 is 2.14 bits per heavy atom. The summed E-state index contributed by atoms with van der Waals surface area (Å²) in [6.07, 6.45) is 6.24. The Kier molecular flexibility index (Phi) is 4.96. The van der Waals surface area contributed by atoms with Crippen molar-refractivity contribution in [3.63, 3.8) is 0 Å². The molecule has 4 rings (SSSR count). The molecule has 3 aromatic rings. The maximum Gasteiger partial charge on any atom is 0.250 e. The van der Waals surface area contributed by atoms with Crippen molar-refractivity contribution >= 4 is 16.7 Å². The zero-order valence-corrected chi connectivity index (χ0v) is 15.9. The van der Waals surface area contributed by atoms with Crippen LogP contribution in [0.4, 0.5) is 0 Å². The van der Waals surface area contributed by atoms with Gasteiger partial charge in [-0.1, -0.05) is 18.2 Å². The lowest BCUT2D eigenvalue weighted by Gasteiger charge is -2.37. The van der Waals surface area contributed by atoms with Crippen LogP contribution in [0, 0.1) is 5.92 Å². The number of carbonyl (C=O) groups excluding carboxylic acids is 1. The fourth-order valence-electron chi connectivity index (χ4n) is 4.20. The molecule has 0 saturated carbocycles. The van der Waals surface area contributed by atoms with Crippen LogP contribution in [0.5, 0.6) is 0 Å². The number of benzene rings is 1. The second kappa shape index (κ2) is 7.56. The van der Waals surface area contributed by atoms with E-state index in [-0.39, 0.29) is 23.3 Å². The summed E-state index contributed by atoms with van der Waals surface area (Å²) in [5.41, 5.74) is 7.79. The summed E-state index contributed by atoms with van der Waals surface area (Å²) in [4.78, 5) is 30.7. The van der Waals surface area contributed by atoms with Crippen molar-refractivity contribution in [1.82, 2.24) is 14.5 Å². The van der Waals surface area contributed by atoms with E-state index < -0.39 is 0 Å². The number of amides is 1. The Morgan fingerprint density at radius 3 is 2.93 bits per heavy atom. The molecule has 2 atom stereocenters. The van der Waals surface area contributed by atoms with Crippen LogP contribution in [0.15, 0.2) is 59.8 Å². The summed E-state index contributed by atoms with van der Waals surface area (Å²) >= 11 is 0. The molecule has 0 aliphatic carbocycles.